The number of para-hydroxylation sites is 2. The molecule has 3 heteroatoms. The highest BCUT2D eigenvalue weighted by Crippen LogP contribution is 2.50. The van der Waals surface area contributed by atoms with Crippen molar-refractivity contribution in [2.45, 2.75) is 19.3 Å². The van der Waals surface area contributed by atoms with Crippen molar-refractivity contribution >= 4 is 21.8 Å². The zero-order valence-corrected chi connectivity index (χ0v) is 35.7. The van der Waals surface area contributed by atoms with Gasteiger partial charge in [0.1, 0.15) is 0 Å². The van der Waals surface area contributed by atoms with E-state index in [0.717, 1.165) is 55.9 Å². The van der Waals surface area contributed by atoms with Crippen LogP contribution in [0, 0.1) is 0 Å². The first-order valence-electron chi connectivity index (χ1n) is 22.1. The zero-order valence-electron chi connectivity index (χ0n) is 35.7. The number of hydrogen-bond donors (Lipinski definition) is 0. The SMILES string of the molecule is CC1(C)c2ccccc2-c2ccc(-c3ccccc3-c3cccc4c5ccccc5n(-c5cc(-c6ccccc6)cc(-c6nc(-c7ccccc7)cc(-c7ccccc7)n6)c5)c34)cc21. The Kier molecular flexibility index (Phi) is 8.84. The lowest BCUT2D eigenvalue weighted by molar-refractivity contribution is 0.660. The summed E-state index contributed by atoms with van der Waals surface area (Å²) in [6.45, 7) is 4.71. The predicted molar refractivity (Wildman–Crippen MR) is 267 cm³/mol. The van der Waals surface area contributed by atoms with Crippen LogP contribution >= 0.6 is 0 Å². The minimum Gasteiger partial charge on any atom is -0.309 e. The van der Waals surface area contributed by atoms with Gasteiger partial charge in [0.25, 0.3) is 0 Å². The van der Waals surface area contributed by atoms with E-state index >= 15 is 0 Å². The summed E-state index contributed by atoms with van der Waals surface area (Å²) in [5, 5.41) is 2.41. The third kappa shape index (κ3) is 6.20. The summed E-state index contributed by atoms with van der Waals surface area (Å²) in [6, 6.07) is 80.9. The van der Waals surface area contributed by atoms with Crippen LogP contribution in [0.1, 0.15) is 25.0 Å². The van der Waals surface area contributed by atoms with Crippen LogP contribution in [0.4, 0.5) is 0 Å². The highest BCUT2D eigenvalue weighted by molar-refractivity contribution is 6.14. The van der Waals surface area contributed by atoms with Gasteiger partial charge in [-0.3, -0.25) is 0 Å². The summed E-state index contributed by atoms with van der Waals surface area (Å²) < 4.78 is 2.47. The lowest BCUT2D eigenvalue weighted by Gasteiger charge is -2.22. The molecule has 2 aromatic heterocycles. The second-order valence-corrected chi connectivity index (χ2v) is 17.4. The number of rotatable bonds is 7. The highest BCUT2D eigenvalue weighted by Gasteiger charge is 2.35. The smallest absolute Gasteiger partial charge is 0.160 e. The van der Waals surface area contributed by atoms with E-state index in [-0.39, 0.29) is 5.41 Å². The third-order valence-corrected chi connectivity index (χ3v) is 13.2. The first-order chi connectivity index (χ1) is 31.5. The van der Waals surface area contributed by atoms with Gasteiger partial charge in [0.05, 0.1) is 22.4 Å². The molecule has 0 amide bonds. The van der Waals surface area contributed by atoms with Gasteiger partial charge in [-0.2, -0.15) is 0 Å². The maximum Gasteiger partial charge on any atom is 0.160 e. The molecule has 0 saturated carbocycles. The van der Waals surface area contributed by atoms with Gasteiger partial charge in [0, 0.05) is 44.1 Å². The quantitative estimate of drug-likeness (QED) is 0.160. The minimum absolute atomic E-state index is 0.100. The lowest BCUT2D eigenvalue weighted by Crippen LogP contribution is -2.14. The second-order valence-electron chi connectivity index (χ2n) is 17.4. The molecule has 12 rings (SSSR count). The Bertz CT molecular complexity index is 3510. The third-order valence-electron chi connectivity index (χ3n) is 13.2. The molecule has 1 aliphatic rings. The van der Waals surface area contributed by atoms with Crippen LogP contribution in [-0.2, 0) is 5.41 Å². The van der Waals surface area contributed by atoms with Gasteiger partial charge in [-0.25, -0.2) is 9.97 Å². The standard InChI is InChI=1S/C61H43N3/c1-61(2)54-31-16-14-27-49(54)50-34-33-43(38-55(50)61)47-25-12-13-26-48(47)52-29-18-30-53-51-28-15-17-32-58(51)64(59(52)53)46-36-44(40-19-6-3-7-20-40)35-45(37-46)60-62-56(41-21-8-4-9-22-41)39-57(63-60)42-23-10-5-11-24-42/h3-39H,1-2H3. The van der Waals surface area contributed by atoms with Crippen LogP contribution in [0.25, 0.3) is 106 Å². The maximum atomic E-state index is 5.32. The fourth-order valence-corrected chi connectivity index (χ4v) is 10.1. The maximum absolute atomic E-state index is 5.32. The first-order valence-corrected chi connectivity index (χ1v) is 22.1. The average Bonchev–Trinajstić information content (AvgIpc) is 3.82. The minimum atomic E-state index is -0.100. The molecule has 0 spiro atoms. The Morgan fingerprint density at radius 2 is 0.891 bits per heavy atom. The molecule has 0 unspecified atom stereocenters. The summed E-state index contributed by atoms with van der Waals surface area (Å²) in [5.41, 5.74) is 20.5. The molecule has 0 radical (unpaired) electrons. The number of benzene rings is 9. The van der Waals surface area contributed by atoms with Crippen LogP contribution in [0.2, 0.25) is 0 Å². The Balaban J connectivity index is 1.10. The van der Waals surface area contributed by atoms with E-state index in [1.165, 1.54) is 55.3 Å². The van der Waals surface area contributed by atoms with E-state index in [0.29, 0.717) is 5.82 Å². The van der Waals surface area contributed by atoms with Crippen molar-refractivity contribution in [2.24, 2.45) is 0 Å². The lowest BCUT2D eigenvalue weighted by atomic mass is 9.81. The molecule has 0 fully saturated rings. The molecule has 0 aliphatic heterocycles. The topological polar surface area (TPSA) is 30.7 Å². The van der Waals surface area contributed by atoms with Crippen molar-refractivity contribution in [1.82, 2.24) is 14.5 Å². The largest absolute Gasteiger partial charge is 0.309 e. The normalized spacial score (nSPS) is 12.7. The van der Waals surface area contributed by atoms with Crippen LogP contribution in [0.5, 0.6) is 0 Å². The molecule has 11 aromatic rings. The zero-order chi connectivity index (χ0) is 42.8. The Labute approximate surface area is 373 Å². The van der Waals surface area contributed by atoms with E-state index in [1.54, 1.807) is 0 Å². The average molecular weight is 818 g/mol. The molecule has 0 bridgehead atoms. The number of aromatic nitrogens is 3. The van der Waals surface area contributed by atoms with Crippen molar-refractivity contribution in [1.29, 1.82) is 0 Å². The van der Waals surface area contributed by atoms with E-state index < -0.39 is 0 Å². The number of fused-ring (bicyclic) bond motifs is 6. The van der Waals surface area contributed by atoms with Gasteiger partial charge in [0.2, 0.25) is 0 Å². The predicted octanol–water partition coefficient (Wildman–Crippen LogP) is 15.9. The molecule has 0 saturated heterocycles. The fraction of sp³-hybridized carbons (Fsp3) is 0.0492. The molecule has 64 heavy (non-hydrogen) atoms. The Hall–Kier alpha value is -8.14. The van der Waals surface area contributed by atoms with Crippen molar-refractivity contribution < 1.29 is 0 Å². The van der Waals surface area contributed by atoms with Crippen LogP contribution in [0.3, 0.4) is 0 Å². The van der Waals surface area contributed by atoms with Gasteiger partial charge in [-0.15, -0.1) is 0 Å². The van der Waals surface area contributed by atoms with Gasteiger partial charge < -0.3 is 4.57 Å². The molecular formula is C61H43N3. The number of hydrogen-bond acceptors (Lipinski definition) is 2. The molecule has 1 aliphatic carbocycles. The van der Waals surface area contributed by atoms with Crippen LogP contribution < -0.4 is 0 Å². The summed E-state index contributed by atoms with van der Waals surface area (Å²) in [4.78, 5) is 10.6. The van der Waals surface area contributed by atoms with Gasteiger partial charge in [0.15, 0.2) is 5.82 Å². The van der Waals surface area contributed by atoms with Gasteiger partial charge in [-0.1, -0.05) is 202 Å². The summed E-state index contributed by atoms with van der Waals surface area (Å²) in [7, 11) is 0. The molecule has 3 nitrogen and oxygen atoms in total. The van der Waals surface area contributed by atoms with Crippen molar-refractivity contribution in [2.75, 3.05) is 0 Å². The molecule has 0 atom stereocenters. The second kappa shape index (κ2) is 15.0. The van der Waals surface area contributed by atoms with Gasteiger partial charge in [-0.05, 0) is 86.5 Å². The van der Waals surface area contributed by atoms with Crippen LogP contribution in [-0.4, -0.2) is 14.5 Å². The number of nitrogens with zero attached hydrogens (tertiary/aromatic N) is 3. The van der Waals surface area contributed by atoms with Crippen molar-refractivity contribution in [3.8, 4) is 84.1 Å². The summed E-state index contributed by atoms with van der Waals surface area (Å²) in [6.07, 6.45) is 0. The van der Waals surface area contributed by atoms with E-state index in [9.17, 15) is 0 Å². The molecular weight excluding hydrogens is 775 g/mol. The van der Waals surface area contributed by atoms with Crippen molar-refractivity contribution in [3.05, 3.63) is 236 Å². The van der Waals surface area contributed by atoms with E-state index in [1.807, 2.05) is 12.1 Å². The van der Waals surface area contributed by atoms with Crippen LogP contribution in [0.15, 0.2) is 224 Å². The van der Waals surface area contributed by atoms with Crippen molar-refractivity contribution in [3.63, 3.8) is 0 Å². The van der Waals surface area contributed by atoms with Gasteiger partial charge >= 0.3 is 0 Å². The molecule has 2 heterocycles. The Morgan fingerprint density at radius 1 is 0.344 bits per heavy atom. The molecule has 302 valence electrons. The fourth-order valence-electron chi connectivity index (χ4n) is 10.1. The first kappa shape index (κ1) is 37.6. The van der Waals surface area contributed by atoms with E-state index in [2.05, 4.69) is 231 Å². The molecule has 0 N–H and O–H groups in total. The summed E-state index contributed by atoms with van der Waals surface area (Å²) >= 11 is 0. The monoisotopic (exact) mass is 817 g/mol. The highest BCUT2D eigenvalue weighted by atomic mass is 15.0. The van der Waals surface area contributed by atoms with E-state index in [4.69, 9.17) is 9.97 Å². The molecule has 9 aromatic carbocycles. The summed E-state index contributed by atoms with van der Waals surface area (Å²) in [5.74, 6) is 0.673. The Morgan fingerprint density at radius 3 is 1.61 bits per heavy atom.